The summed E-state index contributed by atoms with van der Waals surface area (Å²) in [6.07, 6.45) is 7.90. The van der Waals surface area contributed by atoms with Crippen molar-refractivity contribution in [3.63, 3.8) is 0 Å². The van der Waals surface area contributed by atoms with Gasteiger partial charge in [0.1, 0.15) is 17.5 Å². The van der Waals surface area contributed by atoms with Crippen molar-refractivity contribution in [2.45, 2.75) is 50.7 Å². The molecule has 1 N–H and O–H groups in total. The summed E-state index contributed by atoms with van der Waals surface area (Å²) in [5.41, 5.74) is 2.08. The van der Waals surface area contributed by atoms with Gasteiger partial charge in [-0.15, -0.1) is 0 Å². The number of aromatic nitrogens is 1. The van der Waals surface area contributed by atoms with Crippen LogP contribution in [0.2, 0.25) is 0 Å². The molecule has 1 aliphatic heterocycles. The second-order valence-corrected chi connectivity index (χ2v) is 7.61. The normalized spacial score (nSPS) is 19.8. The molecule has 0 unspecified atom stereocenters. The minimum absolute atomic E-state index is 0.0159. The third kappa shape index (κ3) is 3.55. The molecule has 1 aromatic carbocycles. The fourth-order valence-electron chi connectivity index (χ4n) is 4.48. The van der Waals surface area contributed by atoms with Crippen LogP contribution in [0.4, 0.5) is 4.79 Å². The number of ether oxygens (including phenoxy) is 2. The summed E-state index contributed by atoms with van der Waals surface area (Å²) in [6.45, 7) is 1.47. The number of carbonyl (C=O) groups is 1. The molecule has 2 aromatic rings. The number of carbonyl (C=O) groups excluding carboxylic acids is 1. The van der Waals surface area contributed by atoms with Crippen LogP contribution < -0.4 is 14.8 Å². The number of urea groups is 1. The topological polar surface area (TPSA) is 55.7 Å². The standard InChI is InChI=1S/C22H29N3O3/c1-27-17-10-11-18(20(15-17)28-2)21-19-9-6-12-24(19)13-14-25(21)22(26)23-16-7-4-3-5-8-16/h6,9-12,15-16,21H,3-5,7-8,13-14H2,1-2H3,(H,23,26)/t21-/m1/s1. The molecule has 1 fully saturated rings. The number of methoxy groups -OCH3 is 2. The van der Waals surface area contributed by atoms with Crippen LogP contribution in [-0.2, 0) is 6.54 Å². The maximum atomic E-state index is 13.2. The van der Waals surface area contributed by atoms with Crippen molar-refractivity contribution in [1.82, 2.24) is 14.8 Å². The highest BCUT2D eigenvalue weighted by Crippen LogP contribution is 2.39. The first-order valence-electron chi connectivity index (χ1n) is 10.2. The maximum absolute atomic E-state index is 13.2. The molecule has 28 heavy (non-hydrogen) atoms. The average molecular weight is 383 g/mol. The largest absolute Gasteiger partial charge is 0.497 e. The molecule has 150 valence electrons. The van der Waals surface area contributed by atoms with Crippen molar-refractivity contribution >= 4 is 6.03 Å². The Kier molecular flexibility index (Phi) is 5.46. The lowest BCUT2D eigenvalue weighted by Gasteiger charge is -2.39. The van der Waals surface area contributed by atoms with Gasteiger partial charge in [-0.25, -0.2) is 4.79 Å². The van der Waals surface area contributed by atoms with Gasteiger partial charge in [-0.2, -0.15) is 0 Å². The van der Waals surface area contributed by atoms with Crippen molar-refractivity contribution in [3.05, 3.63) is 47.8 Å². The van der Waals surface area contributed by atoms with Crippen LogP contribution in [0.5, 0.6) is 11.5 Å². The van der Waals surface area contributed by atoms with Crippen LogP contribution in [0.3, 0.4) is 0 Å². The summed E-state index contributed by atoms with van der Waals surface area (Å²) in [4.78, 5) is 15.2. The molecule has 1 aliphatic carbocycles. The van der Waals surface area contributed by atoms with Crippen LogP contribution in [0.25, 0.3) is 0 Å². The summed E-state index contributed by atoms with van der Waals surface area (Å²) >= 11 is 0. The van der Waals surface area contributed by atoms with Crippen molar-refractivity contribution < 1.29 is 14.3 Å². The van der Waals surface area contributed by atoms with E-state index in [-0.39, 0.29) is 18.1 Å². The van der Waals surface area contributed by atoms with Crippen molar-refractivity contribution in [1.29, 1.82) is 0 Å². The summed E-state index contributed by atoms with van der Waals surface area (Å²) < 4.78 is 13.2. The molecule has 0 spiro atoms. The van der Waals surface area contributed by atoms with E-state index >= 15 is 0 Å². The Labute approximate surface area is 166 Å². The highest BCUT2D eigenvalue weighted by Gasteiger charge is 2.35. The molecule has 1 saturated carbocycles. The van der Waals surface area contributed by atoms with Gasteiger partial charge in [-0.3, -0.25) is 0 Å². The lowest BCUT2D eigenvalue weighted by Crippen LogP contribution is -2.50. The van der Waals surface area contributed by atoms with Crippen LogP contribution in [0.1, 0.15) is 49.4 Å². The average Bonchev–Trinajstić information content (AvgIpc) is 3.22. The second-order valence-electron chi connectivity index (χ2n) is 7.61. The van der Waals surface area contributed by atoms with Crippen LogP contribution in [0.15, 0.2) is 36.5 Å². The SMILES string of the molecule is COc1ccc([C@@H]2c3cccn3CCN2C(=O)NC2CCCCC2)c(OC)c1. The third-order valence-corrected chi connectivity index (χ3v) is 5.97. The maximum Gasteiger partial charge on any atom is 0.318 e. The first kappa shape index (κ1) is 18.7. The number of benzene rings is 1. The van der Waals surface area contributed by atoms with E-state index in [1.165, 1.54) is 19.3 Å². The summed E-state index contributed by atoms with van der Waals surface area (Å²) in [6, 6.07) is 10.1. The monoisotopic (exact) mass is 383 g/mol. The van der Waals surface area contributed by atoms with Gasteiger partial charge >= 0.3 is 6.03 Å². The molecule has 1 atom stereocenters. The minimum atomic E-state index is -0.187. The van der Waals surface area contributed by atoms with Gasteiger partial charge in [0, 0.05) is 42.7 Å². The molecule has 2 amide bonds. The highest BCUT2D eigenvalue weighted by atomic mass is 16.5. The number of rotatable bonds is 4. The van der Waals surface area contributed by atoms with E-state index in [0.717, 1.165) is 42.1 Å². The molecule has 4 rings (SSSR count). The Hall–Kier alpha value is -2.63. The Bertz CT molecular complexity index is 826. The fourth-order valence-corrected chi connectivity index (χ4v) is 4.48. The predicted octanol–water partition coefficient (Wildman–Crippen LogP) is 3.95. The zero-order chi connectivity index (χ0) is 19.5. The summed E-state index contributed by atoms with van der Waals surface area (Å²) in [7, 11) is 3.30. The predicted molar refractivity (Wildman–Crippen MR) is 108 cm³/mol. The van der Waals surface area contributed by atoms with Gasteiger partial charge in [-0.05, 0) is 37.1 Å². The van der Waals surface area contributed by atoms with E-state index in [1.54, 1.807) is 14.2 Å². The number of fused-ring (bicyclic) bond motifs is 1. The molecule has 1 aromatic heterocycles. The second kappa shape index (κ2) is 8.17. The van der Waals surface area contributed by atoms with Gasteiger partial charge in [0.25, 0.3) is 0 Å². The van der Waals surface area contributed by atoms with Gasteiger partial charge in [0.15, 0.2) is 0 Å². The summed E-state index contributed by atoms with van der Waals surface area (Å²) in [5.74, 6) is 1.47. The Morgan fingerprint density at radius 2 is 1.89 bits per heavy atom. The molecule has 6 nitrogen and oxygen atoms in total. The Balaban J connectivity index is 1.67. The Morgan fingerprint density at radius 1 is 1.07 bits per heavy atom. The van der Waals surface area contributed by atoms with Crippen LogP contribution >= 0.6 is 0 Å². The zero-order valence-electron chi connectivity index (χ0n) is 16.7. The third-order valence-electron chi connectivity index (χ3n) is 5.97. The van der Waals surface area contributed by atoms with E-state index in [4.69, 9.17) is 9.47 Å². The van der Waals surface area contributed by atoms with Crippen molar-refractivity contribution in [3.8, 4) is 11.5 Å². The Morgan fingerprint density at radius 3 is 2.64 bits per heavy atom. The molecule has 2 aliphatic rings. The van der Waals surface area contributed by atoms with Gasteiger partial charge in [0.2, 0.25) is 0 Å². The van der Waals surface area contributed by atoms with E-state index < -0.39 is 0 Å². The van der Waals surface area contributed by atoms with Gasteiger partial charge < -0.3 is 24.3 Å². The van der Waals surface area contributed by atoms with Gasteiger partial charge in [0.05, 0.1) is 14.2 Å². The molecular formula is C22H29N3O3. The molecule has 6 heteroatoms. The first-order chi connectivity index (χ1) is 13.7. The van der Waals surface area contributed by atoms with E-state index in [0.29, 0.717) is 6.54 Å². The summed E-state index contributed by atoms with van der Waals surface area (Å²) in [5, 5.41) is 3.28. The lowest BCUT2D eigenvalue weighted by atomic mass is 9.95. The van der Waals surface area contributed by atoms with Crippen LogP contribution in [-0.4, -0.2) is 42.3 Å². The molecule has 0 radical (unpaired) electrons. The van der Waals surface area contributed by atoms with Crippen molar-refractivity contribution in [2.24, 2.45) is 0 Å². The molecule has 0 saturated heterocycles. The quantitative estimate of drug-likeness (QED) is 0.870. The van der Waals surface area contributed by atoms with Crippen molar-refractivity contribution in [2.75, 3.05) is 20.8 Å². The minimum Gasteiger partial charge on any atom is -0.497 e. The van der Waals surface area contributed by atoms with E-state index in [9.17, 15) is 4.79 Å². The molecule has 2 heterocycles. The zero-order valence-corrected chi connectivity index (χ0v) is 16.7. The molecule has 0 bridgehead atoms. The number of amides is 2. The molecular weight excluding hydrogens is 354 g/mol. The number of hydrogen-bond donors (Lipinski definition) is 1. The lowest BCUT2D eigenvalue weighted by molar-refractivity contribution is 0.161. The fraction of sp³-hybridized carbons (Fsp3) is 0.500. The van der Waals surface area contributed by atoms with Gasteiger partial charge in [-0.1, -0.05) is 19.3 Å². The van der Waals surface area contributed by atoms with E-state index in [2.05, 4.69) is 22.1 Å². The highest BCUT2D eigenvalue weighted by molar-refractivity contribution is 5.76. The first-order valence-corrected chi connectivity index (χ1v) is 10.2. The van der Waals surface area contributed by atoms with Crippen LogP contribution in [0, 0.1) is 0 Å². The number of nitrogens with zero attached hydrogens (tertiary/aromatic N) is 2. The van der Waals surface area contributed by atoms with E-state index in [1.807, 2.05) is 29.2 Å². The smallest absolute Gasteiger partial charge is 0.318 e. The number of hydrogen-bond acceptors (Lipinski definition) is 3. The number of nitrogens with one attached hydrogen (secondary N) is 1.